The van der Waals surface area contributed by atoms with E-state index in [1.165, 1.54) is 49.8 Å². The average Bonchev–Trinajstić information content (AvgIpc) is 3.21. The van der Waals surface area contributed by atoms with E-state index in [1.54, 1.807) is 12.1 Å². The first-order valence-electron chi connectivity index (χ1n) is 10.1. The largest absolute Gasteiger partial charge is 0.472 e. The summed E-state index contributed by atoms with van der Waals surface area (Å²) in [6.07, 6.45) is 11.4. The zero-order chi connectivity index (χ0) is 19.2. The Morgan fingerprint density at radius 1 is 1.21 bits per heavy atom. The second kappa shape index (κ2) is 6.78. The normalized spacial score (nSPS) is 29.3. The van der Waals surface area contributed by atoms with Gasteiger partial charge in [0.05, 0.1) is 17.9 Å². The molecule has 0 amide bonds. The van der Waals surface area contributed by atoms with E-state index in [1.807, 2.05) is 6.07 Å². The highest BCUT2D eigenvalue weighted by molar-refractivity contribution is 7.90. The van der Waals surface area contributed by atoms with E-state index in [0.717, 1.165) is 30.4 Å². The lowest BCUT2D eigenvalue weighted by molar-refractivity contribution is 0.0792. The molecule has 3 atom stereocenters. The molecular weight excluding hydrogens is 374 g/mol. The summed E-state index contributed by atoms with van der Waals surface area (Å²) in [5.74, 6) is 1.13. The fourth-order valence-corrected chi connectivity index (χ4v) is 6.48. The number of piperidine rings is 1. The van der Waals surface area contributed by atoms with Crippen molar-refractivity contribution < 1.29 is 17.0 Å². The minimum Gasteiger partial charge on any atom is -0.472 e. The van der Waals surface area contributed by atoms with Crippen LogP contribution in [0.4, 0.5) is 0 Å². The molecule has 2 aromatic rings. The third kappa shape index (κ3) is 2.99. The fraction of sp³-hybridized carbons (Fsp3) is 0.455. The number of rotatable bonds is 4. The monoisotopic (exact) mass is 399 g/mol. The van der Waals surface area contributed by atoms with Crippen LogP contribution in [-0.4, -0.2) is 21.0 Å². The van der Waals surface area contributed by atoms with Crippen LogP contribution in [-0.2, 0) is 22.0 Å². The van der Waals surface area contributed by atoms with Crippen molar-refractivity contribution in [1.82, 2.24) is 5.32 Å². The molecule has 0 unspecified atom stereocenters. The average molecular weight is 400 g/mol. The third-order valence-corrected chi connectivity index (χ3v) is 7.71. The van der Waals surface area contributed by atoms with E-state index in [0.29, 0.717) is 23.3 Å². The molecule has 3 aliphatic rings. The minimum atomic E-state index is -3.84. The van der Waals surface area contributed by atoms with Crippen LogP contribution in [0.3, 0.4) is 0 Å². The number of hydrogen-bond acceptors (Lipinski definition) is 5. The summed E-state index contributed by atoms with van der Waals surface area (Å²) >= 11 is 0. The Morgan fingerprint density at radius 2 is 2.14 bits per heavy atom. The zero-order valence-electron chi connectivity index (χ0n) is 15.8. The number of benzene rings is 1. The molecule has 0 spiro atoms. The van der Waals surface area contributed by atoms with Crippen molar-refractivity contribution in [1.29, 1.82) is 0 Å². The minimum absolute atomic E-state index is 0.178. The van der Waals surface area contributed by atoms with E-state index in [2.05, 4.69) is 11.4 Å². The summed E-state index contributed by atoms with van der Waals surface area (Å²) in [5.41, 5.74) is 3.25. The van der Waals surface area contributed by atoms with E-state index in [-0.39, 0.29) is 5.41 Å². The van der Waals surface area contributed by atoms with Gasteiger partial charge in [-0.1, -0.05) is 25.0 Å². The van der Waals surface area contributed by atoms with Gasteiger partial charge in [0.2, 0.25) is 0 Å². The van der Waals surface area contributed by atoms with Crippen LogP contribution in [0.1, 0.15) is 48.8 Å². The van der Waals surface area contributed by atoms with Crippen molar-refractivity contribution in [2.45, 2.75) is 50.0 Å². The molecule has 2 fully saturated rings. The maximum atomic E-state index is 12.6. The lowest BCUT2D eigenvalue weighted by Gasteiger charge is -2.56. The first-order valence-corrected chi connectivity index (χ1v) is 11.6. The van der Waals surface area contributed by atoms with E-state index in [9.17, 15) is 8.42 Å². The molecule has 1 aromatic carbocycles. The summed E-state index contributed by atoms with van der Waals surface area (Å²) in [7, 11) is -3.84. The highest BCUT2D eigenvalue weighted by Crippen LogP contribution is 2.55. The Hall–Kier alpha value is -2.05. The van der Waals surface area contributed by atoms with Crippen LogP contribution >= 0.6 is 0 Å². The summed E-state index contributed by atoms with van der Waals surface area (Å²) in [5, 5.41) is 4.79. The Morgan fingerprint density at radius 3 is 3.00 bits per heavy atom. The molecule has 2 aliphatic carbocycles. The van der Waals surface area contributed by atoms with Crippen LogP contribution in [0.2, 0.25) is 0 Å². The highest BCUT2D eigenvalue weighted by atomic mass is 32.2. The first kappa shape index (κ1) is 18.0. The summed E-state index contributed by atoms with van der Waals surface area (Å²) in [6, 6.07) is 8.06. The number of nitrogens with one attached hydrogen (secondary N) is 1. The molecule has 1 N–H and O–H groups in total. The molecule has 1 aromatic heterocycles. The zero-order valence-corrected chi connectivity index (χ0v) is 16.6. The molecule has 148 valence electrons. The van der Waals surface area contributed by atoms with Gasteiger partial charge in [-0.3, -0.25) is 0 Å². The van der Waals surface area contributed by atoms with Crippen LogP contribution in [0.25, 0.3) is 6.08 Å². The molecule has 1 saturated heterocycles. The summed E-state index contributed by atoms with van der Waals surface area (Å²) < 4.78 is 35.6. The van der Waals surface area contributed by atoms with Gasteiger partial charge in [-0.05, 0) is 61.9 Å². The SMILES string of the molecule is O=S(=O)(C=Cc1ccoc1)Oc1cccc2c1C[C@H]1NCC[C@@]23CCCC[C@@H]13. The number of furan rings is 1. The summed E-state index contributed by atoms with van der Waals surface area (Å²) in [6.45, 7) is 1.04. The van der Waals surface area contributed by atoms with E-state index >= 15 is 0 Å². The van der Waals surface area contributed by atoms with Crippen molar-refractivity contribution in [2.24, 2.45) is 5.92 Å². The first-order chi connectivity index (χ1) is 13.6. The van der Waals surface area contributed by atoms with Crippen molar-refractivity contribution in [3.8, 4) is 5.75 Å². The molecule has 1 aliphatic heterocycles. The van der Waals surface area contributed by atoms with Crippen molar-refractivity contribution in [2.75, 3.05) is 6.54 Å². The van der Waals surface area contributed by atoms with Crippen LogP contribution in [0, 0.1) is 5.92 Å². The quantitative estimate of drug-likeness (QED) is 0.787. The van der Waals surface area contributed by atoms with Gasteiger partial charge in [0.15, 0.2) is 0 Å². The number of hydrogen-bond donors (Lipinski definition) is 1. The topological polar surface area (TPSA) is 68.5 Å². The van der Waals surface area contributed by atoms with Crippen molar-refractivity contribution >= 4 is 16.2 Å². The predicted octanol–water partition coefficient (Wildman–Crippen LogP) is 4.01. The van der Waals surface area contributed by atoms with Gasteiger partial charge in [-0.2, -0.15) is 8.42 Å². The second-order valence-corrected chi connectivity index (χ2v) is 9.67. The molecule has 5 nitrogen and oxygen atoms in total. The predicted molar refractivity (Wildman–Crippen MR) is 107 cm³/mol. The molecule has 2 heterocycles. The van der Waals surface area contributed by atoms with E-state index < -0.39 is 10.1 Å². The van der Waals surface area contributed by atoms with E-state index in [4.69, 9.17) is 8.60 Å². The summed E-state index contributed by atoms with van der Waals surface area (Å²) in [4.78, 5) is 0. The van der Waals surface area contributed by atoms with Gasteiger partial charge < -0.3 is 13.9 Å². The van der Waals surface area contributed by atoms with Gasteiger partial charge in [0, 0.05) is 22.6 Å². The Bertz CT molecular complexity index is 992. The molecule has 28 heavy (non-hydrogen) atoms. The smallest absolute Gasteiger partial charge is 0.332 e. The van der Waals surface area contributed by atoms with Gasteiger partial charge in [0.1, 0.15) is 5.75 Å². The molecule has 5 rings (SSSR count). The van der Waals surface area contributed by atoms with Crippen LogP contribution in [0.5, 0.6) is 5.75 Å². The fourth-order valence-electron chi connectivity index (χ4n) is 5.69. The number of fused-ring (bicyclic) bond motifs is 1. The lowest BCUT2D eigenvalue weighted by atomic mass is 9.53. The highest BCUT2D eigenvalue weighted by Gasteiger charge is 2.52. The van der Waals surface area contributed by atoms with Gasteiger partial charge in [-0.15, -0.1) is 0 Å². The Balaban J connectivity index is 1.50. The second-order valence-electron chi connectivity index (χ2n) is 8.24. The molecule has 2 bridgehead atoms. The Labute approximate surface area is 165 Å². The maximum Gasteiger partial charge on any atom is 0.332 e. The van der Waals surface area contributed by atoms with Crippen molar-refractivity contribution in [3.05, 3.63) is 58.9 Å². The maximum absolute atomic E-state index is 12.6. The van der Waals surface area contributed by atoms with Gasteiger partial charge in [-0.25, -0.2) is 0 Å². The van der Waals surface area contributed by atoms with Crippen LogP contribution < -0.4 is 9.50 Å². The van der Waals surface area contributed by atoms with Gasteiger partial charge >= 0.3 is 10.1 Å². The molecule has 6 heteroatoms. The molecule has 1 saturated carbocycles. The Kier molecular flexibility index (Phi) is 4.36. The van der Waals surface area contributed by atoms with Crippen LogP contribution in [0.15, 0.2) is 46.6 Å². The molecule has 0 radical (unpaired) electrons. The lowest BCUT2D eigenvalue weighted by Crippen LogP contribution is -2.59. The standard InChI is InChI=1S/C22H25NO4S/c24-28(25,13-8-16-7-12-26-15-16)27-21-6-3-5-18-17(21)14-20-19-4-1-2-9-22(18,19)10-11-23-20/h3,5-8,12-13,15,19-20,23H,1-2,4,9-11,14H2/t19-,20+,22-/m0/s1. The third-order valence-electron chi connectivity index (χ3n) is 6.83. The van der Waals surface area contributed by atoms with Gasteiger partial charge in [0.25, 0.3) is 0 Å². The molecular formula is C22H25NO4S. The van der Waals surface area contributed by atoms with Crippen molar-refractivity contribution in [3.63, 3.8) is 0 Å².